The lowest BCUT2D eigenvalue weighted by atomic mass is 9.44. The summed E-state index contributed by atoms with van der Waals surface area (Å²) in [5.74, 6) is 3.34. The first-order valence-electron chi connectivity index (χ1n) is 12.5. The van der Waals surface area contributed by atoms with Crippen molar-refractivity contribution in [3.8, 4) is 0 Å². The third kappa shape index (κ3) is 4.32. The van der Waals surface area contributed by atoms with E-state index < -0.39 is 16.1 Å². The largest absolute Gasteiger partial charge is 0.481 e. The van der Waals surface area contributed by atoms with Crippen LogP contribution in [-0.4, -0.2) is 31.9 Å². The topological polar surface area (TPSA) is 80.7 Å². The molecule has 0 aromatic carbocycles. The van der Waals surface area contributed by atoms with Gasteiger partial charge in [0, 0.05) is 6.42 Å². The van der Waals surface area contributed by atoms with Gasteiger partial charge in [-0.3, -0.25) is 8.98 Å². The van der Waals surface area contributed by atoms with E-state index in [-0.39, 0.29) is 6.10 Å². The van der Waals surface area contributed by atoms with Gasteiger partial charge >= 0.3 is 5.97 Å². The average Bonchev–Trinajstić information content (AvgIpc) is 3.02. The number of aliphatic carboxylic acids is 1. The van der Waals surface area contributed by atoms with E-state index in [1.807, 2.05) is 0 Å². The molecule has 4 aliphatic carbocycles. The third-order valence-electron chi connectivity index (χ3n) is 10.5. The second-order valence-corrected chi connectivity index (χ2v) is 13.6. The van der Waals surface area contributed by atoms with Gasteiger partial charge in [0.1, 0.15) is 0 Å². The monoisotopic (exact) mass is 454 g/mol. The number of rotatable bonds is 6. The van der Waals surface area contributed by atoms with Crippen LogP contribution in [0.2, 0.25) is 0 Å². The van der Waals surface area contributed by atoms with Gasteiger partial charge in [0.2, 0.25) is 0 Å². The Labute approximate surface area is 188 Å². The molecule has 4 saturated carbocycles. The molecule has 0 bridgehead atoms. The first-order valence-corrected chi connectivity index (χ1v) is 14.4. The molecule has 1 N–H and O–H groups in total. The lowest BCUT2D eigenvalue weighted by Crippen LogP contribution is -2.54. The summed E-state index contributed by atoms with van der Waals surface area (Å²) in [7, 11) is -3.39. The number of hydrogen-bond donors (Lipinski definition) is 1. The van der Waals surface area contributed by atoms with Gasteiger partial charge in [-0.2, -0.15) is 8.42 Å². The van der Waals surface area contributed by atoms with Crippen molar-refractivity contribution >= 4 is 16.1 Å². The molecule has 0 amide bonds. The van der Waals surface area contributed by atoms with Crippen LogP contribution in [0.15, 0.2) is 0 Å². The van der Waals surface area contributed by atoms with E-state index in [4.69, 9.17) is 9.29 Å². The Bertz CT molecular complexity index is 794. The van der Waals surface area contributed by atoms with E-state index in [1.165, 1.54) is 44.8 Å². The molecule has 31 heavy (non-hydrogen) atoms. The molecule has 0 aromatic heterocycles. The van der Waals surface area contributed by atoms with Gasteiger partial charge < -0.3 is 5.11 Å². The molecule has 0 radical (unpaired) electrons. The standard InChI is InChI=1S/C25H42O5S/c1-16(5-10-23(26)27)20-8-9-21-19-7-6-17-15-18(30-31(4,28)29)11-13-24(17,2)22(19)12-14-25(20,21)3/h16-22H,5-15H2,1-4H3,(H,26,27)/t16-,17-,18-,19+,20-,21+,22+,24+,25-/m1/s1. The fraction of sp³-hybridized carbons (Fsp3) is 0.960. The molecule has 5 nitrogen and oxygen atoms in total. The van der Waals surface area contributed by atoms with Crippen molar-refractivity contribution in [2.45, 2.75) is 97.5 Å². The van der Waals surface area contributed by atoms with Crippen molar-refractivity contribution in [2.75, 3.05) is 6.26 Å². The zero-order valence-electron chi connectivity index (χ0n) is 19.8. The molecule has 0 aromatic rings. The number of carboxylic acids is 1. The van der Waals surface area contributed by atoms with Crippen LogP contribution in [0.1, 0.15) is 91.4 Å². The minimum atomic E-state index is -3.39. The highest BCUT2D eigenvalue weighted by molar-refractivity contribution is 7.86. The molecular formula is C25H42O5S. The first kappa shape index (κ1) is 23.5. The summed E-state index contributed by atoms with van der Waals surface area (Å²) in [6, 6.07) is 0. The third-order valence-corrected chi connectivity index (χ3v) is 11.1. The normalized spacial score (nSPS) is 45.9. The van der Waals surface area contributed by atoms with Crippen LogP contribution in [0.5, 0.6) is 0 Å². The molecule has 0 unspecified atom stereocenters. The van der Waals surface area contributed by atoms with Crippen molar-refractivity contribution in [1.29, 1.82) is 0 Å². The second kappa shape index (κ2) is 8.30. The molecule has 4 aliphatic rings. The van der Waals surface area contributed by atoms with E-state index in [1.54, 1.807) is 0 Å². The van der Waals surface area contributed by atoms with Crippen LogP contribution >= 0.6 is 0 Å². The highest BCUT2D eigenvalue weighted by Gasteiger charge is 2.60. The first-order chi connectivity index (χ1) is 14.4. The highest BCUT2D eigenvalue weighted by atomic mass is 32.2. The van der Waals surface area contributed by atoms with Crippen molar-refractivity contribution < 1.29 is 22.5 Å². The van der Waals surface area contributed by atoms with Crippen LogP contribution in [0.4, 0.5) is 0 Å². The second-order valence-electron chi connectivity index (χ2n) is 12.0. The van der Waals surface area contributed by atoms with Crippen LogP contribution in [0, 0.1) is 46.3 Å². The zero-order chi connectivity index (χ0) is 22.6. The minimum Gasteiger partial charge on any atom is -0.481 e. The minimum absolute atomic E-state index is 0.135. The van der Waals surface area contributed by atoms with E-state index in [9.17, 15) is 13.2 Å². The molecule has 0 spiro atoms. The van der Waals surface area contributed by atoms with Crippen LogP contribution in [-0.2, 0) is 19.1 Å². The molecule has 6 heteroatoms. The van der Waals surface area contributed by atoms with E-state index in [0.29, 0.717) is 35.0 Å². The zero-order valence-corrected chi connectivity index (χ0v) is 20.6. The van der Waals surface area contributed by atoms with Gasteiger partial charge in [-0.1, -0.05) is 20.8 Å². The summed E-state index contributed by atoms with van der Waals surface area (Å²) < 4.78 is 28.7. The summed E-state index contributed by atoms with van der Waals surface area (Å²) >= 11 is 0. The molecule has 178 valence electrons. The molecule has 0 heterocycles. The van der Waals surface area contributed by atoms with Gasteiger partial charge in [0.05, 0.1) is 12.4 Å². The molecule has 4 fully saturated rings. The van der Waals surface area contributed by atoms with Crippen molar-refractivity contribution in [3.63, 3.8) is 0 Å². The van der Waals surface area contributed by atoms with Crippen molar-refractivity contribution in [1.82, 2.24) is 0 Å². The number of carboxylic acid groups (broad SMARTS) is 1. The molecule has 9 atom stereocenters. The fourth-order valence-corrected chi connectivity index (χ4v) is 9.75. The Hall–Kier alpha value is -0.620. The summed E-state index contributed by atoms with van der Waals surface area (Å²) in [5.41, 5.74) is 0.674. The number of hydrogen-bond acceptors (Lipinski definition) is 4. The maximum Gasteiger partial charge on any atom is 0.303 e. The average molecular weight is 455 g/mol. The fourth-order valence-electron chi connectivity index (χ4n) is 9.08. The predicted molar refractivity (Wildman–Crippen MR) is 121 cm³/mol. The number of fused-ring (bicyclic) bond motifs is 5. The van der Waals surface area contributed by atoms with Gasteiger partial charge in [0.25, 0.3) is 10.1 Å². The summed E-state index contributed by atoms with van der Waals surface area (Å²) in [6.45, 7) is 7.30. The highest BCUT2D eigenvalue weighted by Crippen LogP contribution is 2.68. The smallest absolute Gasteiger partial charge is 0.303 e. The Kier molecular flexibility index (Phi) is 6.30. The SMILES string of the molecule is C[C@H](CCC(=O)O)[C@H]1CC[C@H]2[C@@H]3CC[C@@H]4C[C@H](OS(C)(=O)=O)CC[C@]4(C)[C@H]3CC[C@]12C. The molecule has 0 aliphatic heterocycles. The van der Waals surface area contributed by atoms with E-state index in [2.05, 4.69) is 20.8 Å². The van der Waals surface area contributed by atoms with Gasteiger partial charge in [-0.15, -0.1) is 0 Å². The molecule has 4 rings (SSSR count). The summed E-state index contributed by atoms with van der Waals surface area (Å²) in [5, 5.41) is 9.13. The Balaban J connectivity index is 1.47. The van der Waals surface area contributed by atoms with Gasteiger partial charge in [-0.25, -0.2) is 0 Å². The lowest BCUT2D eigenvalue weighted by Gasteiger charge is -2.61. The Morgan fingerprint density at radius 1 is 1.03 bits per heavy atom. The van der Waals surface area contributed by atoms with Crippen LogP contribution in [0.25, 0.3) is 0 Å². The Morgan fingerprint density at radius 3 is 2.39 bits per heavy atom. The van der Waals surface area contributed by atoms with Gasteiger partial charge in [-0.05, 0) is 111 Å². The maximum absolute atomic E-state index is 11.6. The lowest BCUT2D eigenvalue weighted by molar-refractivity contribution is -0.138. The summed E-state index contributed by atoms with van der Waals surface area (Å²) in [4.78, 5) is 11.1. The molecule has 0 saturated heterocycles. The van der Waals surface area contributed by atoms with Crippen molar-refractivity contribution in [2.24, 2.45) is 46.3 Å². The van der Waals surface area contributed by atoms with Crippen LogP contribution < -0.4 is 0 Å². The maximum atomic E-state index is 11.6. The van der Waals surface area contributed by atoms with Crippen LogP contribution in [0.3, 0.4) is 0 Å². The van der Waals surface area contributed by atoms with E-state index in [0.717, 1.165) is 43.4 Å². The van der Waals surface area contributed by atoms with Crippen molar-refractivity contribution in [3.05, 3.63) is 0 Å². The van der Waals surface area contributed by atoms with E-state index >= 15 is 0 Å². The quantitative estimate of drug-likeness (QED) is 0.537. The summed E-state index contributed by atoms with van der Waals surface area (Å²) in [6.07, 6.45) is 12.6. The molecular weight excluding hydrogens is 412 g/mol. The predicted octanol–water partition coefficient (Wildman–Crippen LogP) is 5.49. The Morgan fingerprint density at radius 2 is 1.71 bits per heavy atom. The van der Waals surface area contributed by atoms with Gasteiger partial charge in [0.15, 0.2) is 0 Å². The number of carbonyl (C=O) groups is 1.